The van der Waals surface area contributed by atoms with Gasteiger partial charge in [0.2, 0.25) is 0 Å². The van der Waals surface area contributed by atoms with Crippen LogP contribution in [-0.2, 0) is 0 Å². The Bertz CT molecular complexity index is 369. The second kappa shape index (κ2) is 4.69. The van der Waals surface area contributed by atoms with Crippen molar-refractivity contribution in [3.63, 3.8) is 0 Å². The van der Waals surface area contributed by atoms with Crippen molar-refractivity contribution in [1.82, 2.24) is 5.32 Å². The van der Waals surface area contributed by atoms with Crippen LogP contribution in [0.25, 0.3) is 0 Å². The van der Waals surface area contributed by atoms with Gasteiger partial charge in [-0.05, 0) is 31.9 Å². The summed E-state index contributed by atoms with van der Waals surface area (Å²) >= 11 is 0. The molecule has 2 nitrogen and oxygen atoms in total. The van der Waals surface area contributed by atoms with Gasteiger partial charge >= 0.3 is 0 Å². The van der Waals surface area contributed by atoms with Gasteiger partial charge in [-0.2, -0.15) is 0 Å². The minimum absolute atomic E-state index is 0.721. The Labute approximate surface area is 104 Å². The van der Waals surface area contributed by atoms with Gasteiger partial charge in [-0.1, -0.05) is 30.5 Å². The summed E-state index contributed by atoms with van der Waals surface area (Å²) in [6.07, 6.45) is 5.50. The summed E-state index contributed by atoms with van der Waals surface area (Å²) < 4.78 is 0. The highest BCUT2D eigenvalue weighted by atomic mass is 15.2. The molecule has 2 aliphatic rings. The molecule has 2 fully saturated rings. The van der Waals surface area contributed by atoms with Crippen LogP contribution in [0.2, 0.25) is 0 Å². The number of nitrogens with zero attached hydrogens (tertiary/aromatic N) is 1. The van der Waals surface area contributed by atoms with E-state index in [1.165, 1.54) is 36.9 Å². The summed E-state index contributed by atoms with van der Waals surface area (Å²) in [6, 6.07) is 10.5. The molecule has 1 aliphatic heterocycles. The van der Waals surface area contributed by atoms with Crippen molar-refractivity contribution in [2.24, 2.45) is 0 Å². The van der Waals surface area contributed by atoms with Crippen molar-refractivity contribution >= 4 is 5.69 Å². The lowest BCUT2D eigenvalue weighted by Crippen LogP contribution is -2.59. The van der Waals surface area contributed by atoms with Crippen LogP contribution in [0.15, 0.2) is 24.3 Å². The minimum Gasteiger partial charge on any atom is -0.366 e. The molecule has 0 amide bonds. The second-order valence-corrected chi connectivity index (χ2v) is 5.44. The predicted molar refractivity (Wildman–Crippen MR) is 72.6 cm³/mol. The van der Waals surface area contributed by atoms with E-state index in [1.807, 2.05) is 0 Å². The third-order valence-corrected chi connectivity index (χ3v) is 4.25. The van der Waals surface area contributed by atoms with Gasteiger partial charge in [0.05, 0.1) is 0 Å². The number of anilines is 1. The Kier molecular flexibility index (Phi) is 3.06. The van der Waals surface area contributed by atoms with Crippen LogP contribution >= 0.6 is 0 Å². The lowest BCUT2D eigenvalue weighted by atomic mass is 9.87. The zero-order chi connectivity index (χ0) is 11.7. The van der Waals surface area contributed by atoms with Crippen LogP contribution in [0.3, 0.4) is 0 Å². The zero-order valence-electron chi connectivity index (χ0n) is 10.7. The van der Waals surface area contributed by atoms with Crippen molar-refractivity contribution in [1.29, 1.82) is 0 Å². The summed E-state index contributed by atoms with van der Waals surface area (Å²) in [5.41, 5.74) is 2.76. The molecule has 17 heavy (non-hydrogen) atoms. The molecule has 0 unspecified atom stereocenters. The lowest BCUT2D eigenvalue weighted by Gasteiger charge is -2.46. The fourth-order valence-electron chi connectivity index (χ4n) is 3.32. The maximum absolute atomic E-state index is 3.69. The molecule has 0 spiro atoms. The highest BCUT2D eigenvalue weighted by molar-refractivity contribution is 5.49. The maximum atomic E-state index is 3.69. The number of aryl methyl sites for hydroxylation is 1. The van der Waals surface area contributed by atoms with Crippen molar-refractivity contribution in [3.8, 4) is 0 Å². The van der Waals surface area contributed by atoms with Gasteiger partial charge in [0.25, 0.3) is 0 Å². The first-order valence-corrected chi connectivity index (χ1v) is 6.91. The Balaban J connectivity index is 1.83. The molecule has 92 valence electrons. The molecule has 0 aromatic heterocycles. The summed E-state index contributed by atoms with van der Waals surface area (Å²) in [4.78, 5) is 2.62. The zero-order valence-corrected chi connectivity index (χ0v) is 10.7. The number of rotatable bonds is 1. The van der Waals surface area contributed by atoms with E-state index >= 15 is 0 Å². The number of hydrogen-bond acceptors (Lipinski definition) is 2. The van der Waals surface area contributed by atoms with Crippen molar-refractivity contribution in [3.05, 3.63) is 29.8 Å². The van der Waals surface area contributed by atoms with Crippen LogP contribution in [0.5, 0.6) is 0 Å². The van der Waals surface area contributed by atoms with Crippen molar-refractivity contribution in [2.45, 2.75) is 44.7 Å². The maximum Gasteiger partial charge on any atom is 0.0443 e. The molecule has 1 aromatic carbocycles. The summed E-state index contributed by atoms with van der Waals surface area (Å²) in [7, 11) is 0. The largest absolute Gasteiger partial charge is 0.366 e. The highest BCUT2D eigenvalue weighted by Crippen LogP contribution is 2.29. The standard InChI is InChI=1S/C15H22N2/c1-12-6-8-13(9-7-12)17-11-10-16-14-4-2-3-5-15(14)17/h6-9,14-16H,2-5,10-11H2,1H3/t14-,15+/m0/s1. The van der Waals surface area contributed by atoms with Crippen molar-refractivity contribution in [2.75, 3.05) is 18.0 Å². The lowest BCUT2D eigenvalue weighted by molar-refractivity contribution is 0.284. The van der Waals surface area contributed by atoms with E-state index in [4.69, 9.17) is 0 Å². The van der Waals surface area contributed by atoms with E-state index in [9.17, 15) is 0 Å². The summed E-state index contributed by atoms with van der Waals surface area (Å²) in [5.74, 6) is 0. The number of fused-ring (bicyclic) bond motifs is 1. The van der Waals surface area contributed by atoms with Crippen LogP contribution in [0, 0.1) is 6.92 Å². The molecule has 1 aromatic rings. The fourth-order valence-corrected chi connectivity index (χ4v) is 3.32. The number of hydrogen-bond donors (Lipinski definition) is 1. The SMILES string of the molecule is Cc1ccc(N2CCN[C@H]3CCCC[C@H]32)cc1. The number of benzene rings is 1. The monoisotopic (exact) mass is 230 g/mol. The van der Waals surface area contributed by atoms with Gasteiger partial charge in [-0.25, -0.2) is 0 Å². The Morgan fingerprint density at radius 2 is 1.88 bits per heavy atom. The van der Waals surface area contributed by atoms with Gasteiger partial charge in [-0.15, -0.1) is 0 Å². The molecule has 0 bridgehead atoms. The first-order valence-electron chi connectivity index (χ1n) is 6.91. The first kappa shape index (κ1) is 11.1. The van der Waals surface area contributed by atoms with Gasteiger partial charge < -0.3 is 10.2 Å². The van der Waals surface area contributed by atoms with Crippen LogP contribution in [0.4, 0.5) is 5.69 Å². The quantitative estimate of drug-likeness (QED) is 0.798. The third kappa shape index (κ3) is 2.19. The van der Waals surface area contributed by atoms with E-state index in [2.05, 4.69) is 41.4 Å². The fraction of sp³-hybridized carbons (Fsp3) is 0.600. The van der Waals surface area contributed by atoms with E-state index < -0.39 is 0 Å². The van der Waals surface area contributed by atoms with E-state index in [0.717, 1.165) is 25.2 Å². The Morgan fingerprint density at radius 3 is 2.71 bits per heavy atom. The molecule has 1 saturated carbocycles. The van der Waals surface area contributed by atoms with Crippen molar-refractivity contribution < 1.29 is 0 Å². The molecule has 1 aliphatic carbocycles. The third-order valence-electron chi connectivity index (χ3n) is 4.25. The second-order valence-electron chi connectivity index (χ2n) is 5.44. The Morgan fingerprint density at radius 1 is 1.12 bits per heavy atom. The Hall–Kier alpha value is -1.02. The molecule has 1 N–H and O–H groups in total. The first-order chi connectivity index (χ1) is 8.34. The average molecular weight is 230 g/mol. The van der Waals surface area contributed by atoms with E-state index in [-0.39, 0.29) is 0 Å². The van der Waals surface area contributed by atoms with Crippen LogP contribution in [0.1, 0.15) is 31.2 Å². The number of nitrogens with one attached hydrogen (secondary N) is 1. The van der Waals surface area contributed by atoms with Crippen LogP contribution < -0.4 is 10.2 Å². The molecular formula is C15H22N2. The van der Waals surface area contributed by atoms with E-state index in [1.54, 1.807) is 0 Å². The molecule has 2 atom stereocenters. The smallest absolute Gasteiger partial charge is 0.0443 e. The molecule has 3 rings (SSSR count). The summed E-state index contributed by atoms with van der Waals surface area (Å²) in [6.45, 7) is 4.45. The number of piperazine rings is 1. The van der Waals surface area contributed by atoms with E-state index in [0.29, 0.717) is 0 Å². The molecule has 1 heterocycles. The van der Waals surface area contributed by atoms with Gasteiger partial charge in [0.1, 0.15) is 0 Å². The highest BCUT2D eigenvalue weighted by Gasteiger charge is 2.32. The predicted octanol–water partition coefficient (Wildman–Crippen LogP) is 2.72. The van der Waals surface area contributed by atoms with Gasteiger partial charge in [-0.3, -0.25) is 0 Å². The van der Waals surface area contributed by atoms with Crippen LogP contribution in [-0.4, -0.2) is 25.2 Å². The minimum atomic E-state index is 0.721. The average Bonchev–Trinajstić information content (AvgIpc) is 2.39. The molecule has 0 radical (unpaired) electrons. The normalized spacial score (nSPS) is 28.9. The molecular weight excluding hydrogens is 208 g/mol. The topological polar surface area (TPSA) is 15.3 Å². The molecule has 2 heteroatoms. The molecule has 1 saturated heterocycles. The van der Waals surface area contributed by atoms with Gasteiger partial charge in [0, 0.05) is 30.9 Å². The van der Waals surface area contributed by atoms with Gasteiger partial charge in [0.15, 0.2) is 0 Å². The summed E-state index contributed by atoms with van der Waals surface area (Å²) in [5, 5.41) is 3.69.